The van der Waals surface area contributed by atoms with E-state index < -0.39 is 0 Å². The number of nitrogens with one attached hydrogen (secondary N) is 1. The molecule has 1 fully saturated rings. The van der Waals surface area contributed by atoms with Gasteiger partial charge < -0.3 is 14.8 Å². The summed E-state index contributed by atoms with van der Waals surface area (Å²) in [6.07, 6.45) is 1.45. The molecule has 1 aliphatic heterocycles. The molecule has 3 heteroatoms. The van der Waals surface area contributed by atoms with E-state index >= 15 is 0 Å². The van der Waals surface area contributed by atoms with Gasteiger partial charge in [0, 0.05) is 24.6 Å². The molecule has 102 valence electrons. The Kier molecular flexibility index (Phi) is 5.90. The summed E-state index contributed by atoms with van der Waals surface area (Å²) < 4.78 is 11.4. The predicted octanol–water partition coefficient (Wildman–Crippen LogP) is 2.45. The zero-order valence-electron chi connectivity index (χ0n) is 12.1. The van der Waals surface area contributed by atoms with Crippen molar-refractivity contribution in [2.75, 3.05) is 26.4 Å². The smallest absolute Gasteiger partial charge is 0.0722 e. The number of hydrogen-bond donors (Lipinski definition) is 1. The van der Waals surface area contributed by atoms with Crippen molar-refractivity contribution in [3.63, 3.8) is 0 Å². The lowest BCUT2D eigenvalue weighted by Gasteiger charge is -2.28. The van der Waals surface area contributed by atoms with E-state index in [9.17, 15) is 0 Å². The van der Waals surface area contributed by atoms with Gasteiger partial charge in [-0.15, -0.1) is 0 Å². The Morgan fingerprint density at radius 3 is 2.53 bits per heavy atom. The molecule has 0 bridgehead atoms. The minimum Gasteiger partial charge on any atom is -0.381 e. The van der Waals surface area contributed by atoms with Gasteiger partial charge >= 0.3 is 0 Å². The van der Waals surface area contributed by atoms with Crippen LogP contribution in [-0.2, 0) is 9.47 Å². The van der Waals surface area contributed by atoms with Crippen LogP contribution in [-0.4, -0.2) is 38.0 Å². The van der Waals surface area contributed by atoms with Crippen LogP contribution in [0.25, 0.3) is 0 Å². The van der Waals surface area contributed by atoms with Crippen molar-refractivity contribution in [3.05, 3.63) is 0 Å². The average Bonchev–Trinajstić information content (AvgIpc) is 2.68. The third kappa shape index (κ3) is 6.39. The van der Waals surface area contributed by atoms with Gasteiger partial charge in [0.15, 0.2) is 0 Å². The average molecular weight is 243 g/mol. The second-order valence-electron chi connectivity index (χ2n) is 6.48. The van der Waals surface area contributed by atoms with E-state index in [4.69, 9.17) is 9.47 Å². The monoisotopic (exact) mass is 243 g/mol. The van der Waals surface area contributed by atoms with Crippen molar-refractivity contribution in [1.82, 2.24) is 5.32 Å². The molecule has 1 aliphatic rings. The lowest BCUT2D eigenvalue weighted by molar-refractivity contribution is -0.00186. The Balaban J connectivity index is 2.27. The molecule has 1 saturated heterocycles. The maximum Gasteiger partial charge on any atom is 0.0722 e. The molecule has 17 heavy (non-hydrogen) atoms. The summed E-state index contributed by atoms with van der Waals surface area (Å²) in [7, 11) is 0. The Morgan fingerprint density at radius 1 is 1.35 bits per heavy atom. The number of ether oxygens (including phenoxy) is 2. The molecule has 0 aliphatic carbocycles. The Morgan fingerprint density at radius 2 is 2.06 bits per heavy atom. The molecular formula is C14H29NO2. The second kappa shape index (κ2) is 6.72. The fourth-order valence-corrected chi connectivity index (χ4v) is 1.87. The molecule has 0 aromatic carbocycles. The van der Waals surface area contributed by atoms with Gasteiger partial charge in [-0.25, -0.2) is 0 Å². The van der Waals surface area contributed by atoms with Gasteiger partial charge in [-0.1, -0.05) is 13.8 Å². The lowest BCUT2D eigenvalue weighted by atomic mass is 10.0. The standard InChI is InChI=1S/C14H29NO2/c1-11(2)13(8-15-14(3,4)5)17-10-12-6-7-16-9-12/h11-13,15H,6-10H2,1-5H3. The third-order valence-electron chi connectivity index (χ3n) is 3.15. The predicted molar refractivity (Wildman–Crippen MR) is 71.3 cm³/mol. The van der Waals surface area contributed by atoms with Crippen LogP contribution >= 0.6 is 0 Å². The Bertz CT molecular complexity index is 205. The zero-order valence-corrected chi connectivity index (χ0v) is 12.1. The molecule has 0 saturated carbocycles. The number of rotatable bonds is 6. The van der Waals surface area contributed by atoms with Crippen LogP contribution in [0.1, 0.15) is 41.0 Å². The van der Waals surface area contributed by atoms with Crippen LogP contribution in [0.2, 0.25) is 0 Å². The third-order valence-corrected chi connectivity index (χ3v) is 3.15. The molecule has 2 atom stereocenters. The first-order valence-corrected chi connectivity index (χ1v) is 6.83. The summed E-state index contributed by atoms with van der Waals surface area (Å²) in [5, 5.41) is 3.52. The summed E-state index contributed by atoms with van der Waals surface area (Å²) in [5.74, 6) is 1.15. The van der Waals surface area contributed by atoms with Crippen molar-refractivity contribution in [1.29, 1.82) is 0 Å². The van der Waals surface area contributed by atoms with Gasteiger partial charge in [0.1, 0.15) is 0 Å². The fraction of sp³-hybridized carbons (Fsp3) is 1.00. The summed E-state index contributed by atoms with van der Waals surface area (Å²) in [6.45, 7) is 14.6. The van der Waals surface area contributed by atoms with Crippen LogP contribution in [0, 0.1) is 11.8 Å². The van der Waals surface area contributed by atoms with Crippen molar-refractivity contribution >= 4 is 0 Å². The van der Waals surface area contributed by atoms with E-state index in [1.807, 2.05) is 0 Å². The maximum atomic E-state index is 6.04. The molecule has 1 rings (SSSR count). The minimum atomic E-state index is 0.160. The van der Waals surface area contributed by atoms with Gasteiger partial charge in [0.05, 0.1) is 19.3 Å². The quantitative estimate of drug-likeness (QED) is 0.777. The van der Waals surface area contributed by atoms with Crippen molar-refractivity contribution in [2.24, 2.45) is 11.8 Å². The maximum absolute atomic E-state index is 6.04. The highest BCUT2D eigenvalue weighted by molar-refractivity contribution is 4.75. The topological polar surface area (TPSA) is 30.5 Å². The van der Waals surface area contributed by atoms with Gasteiger partial charge in [-0.2, -0.15) is 0 Å². The van der Waals surface area contributed by atoms with Crippen molar-refractivity contribution < 1.29 is 9.47 Å². The second-order valence-corrected chi connectivity index (χ2v) is 6.48. The highest BCUT2D eigenvalue weighted by atomic mass is 16.5. The van der Waals surface area contributed by atoms with Gasteiger partial charge in [-0.05, 0) is 33.1 Å². The first-order chi connectivity index (χ1) is 7.88. The molecule has 0 amide bonds. The van der Waals surface area contributed by atoms with Crippen LogP contribution < -0.4 is 5.32 Å². The molecule has 1 N–H and O–H groups in total. The van der Waals surface area contributed by atoms with Crippen LogP contribution in [0.15, 0.2) is 0 Å². The first-order valence-electron chi connectivity index (χ1n) is 6.83. The molecule has 1 heterocycles. The van der Waals surface area contributed by atoms with Crippen molar-refractivity contribution in [2.45, 2.75) is 52.7 Å². The highest BCUT2D eigenvalue weighted by Crippen LogP contribution is 2.15. The van der Waals surface area contributed by atoms with E-state index in [1.165, 1.54) is 0 Å². The molecule has 0 spiro atoms. The van der Waals surface area contributed by atoms with E-state index in [-0.39, 0.29) is 5.54 Å². The molecule has 0 radical (unpaired) electrons. The zero-order chi connectivity index (χ0) is 12.9. The molecule has 3 nitrogen and oxygen atoms in total. The van der Waals surface area contributed by atoms with Crippen molar-refractivity contribution in [3.8, 4) is 0 Å². The molecular weight excluding hydrogens is 214 g/mol. The summed E-state index contributed by atoms with van der Waals surface area (Å²) in [4.78, 5) is 0. The van der Waals surface area contributed by atoms with E-state index in [1.54, 1.807) is 0 Å². The van der Waals surface area contributed by atoms with Crippen LogP contribution in [0.3, 0.4) is 0 Å². The molecule has 2 unspecified atom stereocenters. The normalized spacial score (nSPS) is 23.3. The number of hydrogen-bond acceptors (Lipinski definition) is 3. The van der Waals surface area contributed by atoms with Gasteiger partial charge in [-0.3, -0.25) is 0 Å². The summed E-state index contributed by atoms with van der Waals surface area (Å²) in [5.41, 5.74) is 0.160. The fourth-order valence-electron chi connectivity index (χ4n) is 1.87. The lowest BCUT2D eigenvalue weighted by Crippen LogP contribution is -2.43. The largest absolute Gasteiger partial charge is 0.381 e. The summed E-state index contributed by atoms with van der Waals surface area (Å²) in [6, 6.07) is 0. The summed E-state index contributed by atoms with van der Waals surface area (Å²) >= 11 is 0. The minimum absolute atomic E-state index is 0.160. The van der Waals surface area contributed by atoms with E-state index in [0.29, 0.717) is 17.9 Å². The SMILES string of the molecule is CC(C)C(CNC(C)(C)C)OCC1CCOC1. The molecule has 0 aromatic heterocycles. The van der Waals surface area contributed by atoms with Crippen LogP contribution in [0.5, 0.6) is 0 Å². The first kappa shape index (κ1) is 14.9. The van der Waals surface area contributed by atoms with E-state index in [2.05, 4.69) is 39.9 Å². The van der Waals surface area contributed by atoms with Gasteiger partial charge in [0.25, 0.3) is 0 Å². The van der Waals surface area contributed by atoms with E-state index in [0.717, 1.165) is 32.8 Å². The Labute approximate surface area is 106 Å². The van der Waals surface area contributed by atoms with Crippen LogP contribution in [0.4, 0.5) is 0 Å². The highest BCUT2D eigenvalue weighted by Gasteiger charge is 2.21. The van der Waals surface area contributed by atoms with Gasteiger partial charge in [0.2, 0.25) is 0 Å². The molecule has 0 aromatic rings. The Hall–Kier alpha value is -0.120.